The number of ether oxygens (including phenoxy) is 1. The third kappa shape index (κ3) is 7.22. The standard InChI is InChI=1S/C26H25Br2NO6/c1-14(2)19-13-18(7-8-23(19)31)35-25-20(27)9-16(10-21(25)28)12-24(32)29-22(26(33)34)11-15-3-5-17(30)6-4-15/h3-10,13-14,22,30-31H,11-12H2,1-2H3,(H,29,32)(H,33,34). The average Bonchev–Trinajstić information content (AvgIpc) is 2.78. The lowest BCUT2D eigenvalue weighted by atomic mass is 10.0. The van der Waals surface area contributed by atoms with Crippen LogP contribution in [0.2, 0.25) is 0 Å². The number of hydrogen-bond donors (Lipinski definition) is 4. The van der Waals surface area contributed by atoms with Crippen molar-refractivity contribution in [2.45, 2.75) is 38.6 Å². The van der Waals surface area contributed by atoms with Crippen molar-refractivity contribution in [2.75, 3.05) is 0 Å². The molecule has 0 heterocycles. The van der Waals surface area contributed by atoms with Gasteiger partial charge in [0.05, 0.1) is 15.4 Å². The fourth-order valence-corrected chi connectivity index (χ4v) is 4.93. The van der Waals surface area contributed by atoms with Gasteiger partial charge in [0.25, 0.3) is 0 Å². The molecule has 4 N–H and O–H groups in total. The summed E-state index contributed by atoms with van der Waals surface area (Å²) in [5.41, 5.74) is 2.09. The Morgan fingerprint density at radius 2 is 1.57 bits per heavy atom. The second-order valence-electron chi connectivity index (χ2n) is 8.37. The molecule has 0 bridgehead atoms. The number of aliphatic carboxylic acids is 1. The molecule has 1 atom stereocenters. The summed E-state index contributed by atoms with van der Waals surface area (Å²) in [6.45, 7) is 3.95. The van der Waals surface area contributed by atoms with Crippen LogP contribution in [0.3, 0.4) is 0 Å². The van der Waals surface area contributed by atoms with Crippen molar-refractivity contribution in [2.24, 2.45) is 0 Å². The quantitative estimate of drug-likeness (QED) is 0.241. The van der Waals surface area contributed by atoms with Crippen molar-refractivity contribution in [1.29, 1.82) is 0 Å². The van der Waals surface area contributed by atoms with E-state index in [2.05, 4.69) is 37.2 Å². The molecule has 0 aliphatic carbocycles. The Labute approximate surface area is 220 Å². The van der Waals surface area contributed by atoms with Crippen LogP contribution in [0.5, 0.6) is 23.0 Å². The smallest absolute Gasteiger partial charge is 0.326 e. The maximum absolute atomic E-state index is 12.6. The zero-order chi connectivity index (χ0) is 25.7. The summed E-state index contributed by atoms with van der Waals surface area (Å²) in [6.07, 6.45) is 0.0556. The number of carbonyl (C=O) groups excluding carboxylic acids is 1. The minimum absolute atomic E-state index is 0.0342. The predicted octanol–water partition coefficient (Wildman–Crippen LogP) is 5.89. The number of rotatable bonds is 9. The van der Waals surface area contributed by atoms with E-state index in [1.54, 1.807) is 42.5 Å². The molecule has 0 aromatic heterocycles. The van der Waals surface area contributed by atoms with E-state index in [1.807, 2.05) is 13.8 Å². The number of halogens is 2. The molecule has 0 saturated carbocycles. The minimum atomic E-state index is -1.15. The molecule has 35 heavy (non-hydrogen) atoms. The second-order valence-corrected chi connectivity index (χ2v) is 10.1. The molecule has 0 radical (unpaired) electrons. The molecular weight excluding hydrogens is 582 g/mol. The van der Waals surface area contributed by atoms with E-state index in [-0.39, 0.29) is 30.3 Å². The molecule has 3 aromatic rings. The normalized spacial score (nSPS) is 11.8. The average molecular weight is 607 g/mol. The van der Waals surface area contributed by atoms with Gasteiger partial charge in [-0.2, -0.15) is 0 Å². The van der Waals surface area contributed by atoms with Crippen LogP contribution in [0.4, 0.5) is 0 Å². The fraction of sp³-hybridized carbons (Fsp3) is 0.231. The summed E-state index contributed by atoms with van der Waals surface area (Å²) < 4.78 is 7.22. The number of phenols is 2. The van der Waals surface area contributed by atoms with Crippen LogP contribution in [0.25, 0.3) is 0 Å². The van der Waals surface area contributed by atoms with Gasteiger partial charge in [-0.1, -0.05) is 26.0 Å². The van der Waals surface area contributed by atoms with Gasteiger partial charge in [-0.3, -0.25) is 4.79 Å². The summed E-state index contributed by atoms with van der Waals surface area (Å²) in [5.74, 6) is -0.121. The number of phenolic OH excluding ortho intramolecular Hbond substituents is 2. The molecule has 0 spiro atoms. The maximum atomic E-state index is 12.6. The zero-order valence-electron chi connectivity index (χ0n) is 19.1. The molecule has 7 nitrogen and oxygen atoms in total. The highest BCUT2D eigenvalue weighted by atomic mass is 79.9. The van der Waals surface area contributed by atoms with Crippen molar-refractivity contribution in [3.8, 4) is 23.0 Å². The van der Waals surface area contributed by atoms with Gasteiger partial charge in [-0.15, -0.1) is 0 Å². The van der Waals surface area contributed by atoms with Crippen molar-refractivity contribution < 1.29 is 29.6 Å². The molecule has 3 rings (SSSR count). The van der Waals surface area contributed by atoms with E-state index in [9.17, 15) is 24.9 Å². The van der Waals surface area contributed by atoms with Gasteiger partial charge >= 0.3 is 5.97 Å². The van der Waals surface area contributed by atoms with E-state index < -0.39 is 17.9 Å². The monoisotopic (exact) mass is 605 g/mol. The molecule has 0 saturated heterocycles. The Bertz CT molecular complexity index is 1200. The van der Waals surface area contributed by atoms with Gasteiger partial charge in [0, 0.05) is 12.0 Å². The van der Waals surface area contributed by atoms with Crippen LogP contribution >= 0.6 is 31.9 Å². The molecule has 0 fully saturated rings. The summed E-state index contributed by atoms with van der Waals surface area (Å²) >= 11 is 6.96. The summed E-state index contributed by atoms with van der Waals surface area (Å²) in [6, 6.07) is 13.6. The third-order valence-corrected chi connectivity index (χ3v) is 6.45. The Hall–Kier alpha value is -3.04. The van der Waals surface area contributed by atoms with Crippen molar-refractivity contribution >= 4 is 43.7 Å². The largest absolute Gasteiger partial charge is 0.508 e. The highest BCUT2D eigenvalue weighted by molar-refractivity contribution is 9.11. The summed E-state index contributed by atoms with van der Waals surface area (Å²) in [4.78, 5) is 24.3. The topological polar surface area (TPSA) is 116 Å². The minimum Gasteiger partial charge on any atom is -0.508 e. The first-order valence-corrected chi connectivity index (χ1v) is 12.4. The van der Waals surface area contributed by atoms with Crippen LogP contribution in [0.1, 0.15) is 36.5 Å². The van der Waals surface area contributed by atoms with Crippen molar-refractivity contribution in [1.82, 2.24) is 5.32 Å². The summed E-state index contributed by atoms with van der Waals surface area (Å²) in [5, 5.41) is 31.5. The predicted molar refractivity (Wildman–Crippen MR) is 139 cm³/mol. The van der Waals surface area contributed by atoms with Crippen molar-refractivity contribution in [3.05, 3.63) is 80.2 Å². The molecular formula is C26H25Br2NO6. The van der Waals surface area contributed by atoms with Gasteiger partial charge in [0.15, 0.2) is 5.75 Å². The van der Waals surface area contributed by atoms with Gasteiger partial charge in [-0.25, -0.2) is 4.79 Å². The fourth-order valence-electron chi connectivity index (χ4n) is 3.49. The molecule has 9 heteroatoms. The second kappa shape index (κ2) is 11.6. The number of hydrogen-bond acceptors (Lipinski definition) is 5. The SMILES string of the molecule is CC(C)c1cc(Oc2c(Br)cc(CC(=O)NC(Cc3ccc(O)cc3)C(=O)O)cc2Br)ccc1O. The first-order valence-electron chi connectivity index (χ1n) is 10.8. The molecule has 0 aliphatic rings. The molecule has 1 amide bonds. The van der Waals surface area contributed by atoms with E-state index in [0.29, 0.717) is 31.6 Å². The van der Waals surface area contributed by atoms with Gasteiger partial charge in [0.2, 0.25) is 5.91 Å². The lowest BCUT2D eigenvalue weighted by molar-refractivity contribution is -0.141. The lowest BCUT2D eigenvalue weighted by Gasteiger charge is -2.16. The number of carboxylic acid groups (broad SMARTS) is 1. The maximum Gasteiger partial charge on any atom is 0.326 e. The van der Waals surface area contributed by atoms with Crippen LogP contribution in [0.15, 0.2) is 63.5 Å². The Balaban J connectivity index is 1.70. The van der Waals surface area contributed by atoms with Crippen molar-refractivity contribution in [3.63, 3.8) is 0 Å². The highest BCUT2D eigenvalue weighted by Gasteiger charge is 2.21. The Morgan fingerprint density at radius 3 is 2.14 bits per heavy atom. The van der Waals surface area contributed by atoms with E-state index >= 15 is 0 Å². The number of aromatic hydroxyl groups is 2. The number of benzene rings is 3. The van der Waals surface area contributed by atoms with Gasteiger partial charge in [-0.05, 0) is 91.4 Å². The first kappa shape index (κ1) is 26.6. The molecule has 3 aromatic carbocycles. The van der Waals surface area contributed by atoms with E-state index in [4.69, 9.17) is 4.74 Å². The van der Waals surface area contributed by atoms with Gasteiger partial charge in [0.1, 0.15) is 23.3 Å². The number of amides is 1. The molecule has 1 unspecified atom stereocenters. The highest BCUT2D eigenvalue weighted by Crippen LogP contribution is 2.39. The van der Waals surface area contributed by atoms with Gasteiger partial charge < -0.3 is 25.4 Å². The Morgan fingerprint density at radius 1 is 0.943 bits per heavy atom. The zero-order valence-corrected chi connectivity index (χ0v) is 22.3. The number of carboxylic acids is 1. The van der Waals surface area contributed by atoms with E-state index in [0.717, 1.165) is 5.56 Å². The summed E-state index contributed by atoms with van der Waals surface area (Å²) in [7, 11) is 0. The van der Waals surface area contributed by atoms with Crippen LogP contribution in [-0.2, 0) is 22.4 Å². The van der Waals surface area contributed by atoms with Crippen LogP contribution < -0.4 is 10.1 Å². The molecule has 0 aliphatic heterocycles. The molecule has 184 valence electrons. The third-order valence-electron chi connectivity index (χ3n) is 5.27. The van der Waals surface area contributed by atoms with Crippen LogP contribution in [-0.4, -0.2) is 33.2 Å². The lowest BCUT2D eigenvalue weighted by Crippen LogP contribution is -2.43. The first-order chi connectivity index (χ1) is 16.5. The number of carbonyl (C=O) groups is 2. The van der Waals surface area contributed by atoms with Crippen LogP contribution in [0, 0.1) is 0 Å². The van der Waals surface area contributed by atoms with E-state index in [1.165, 1.54) is 12.1 Å². The number of nitrogens with one attached hydrogen (secondary N) is 1. The Kier molecular flexibility index (Phi) is 8.80.